The van der Waals surface area contributed by atoms with Gasteiger partial charge < -0.3 is 5.32 Å². The summed E-state index contributed by atoms with van der Waals surface area (Å²) in [5.41, 5.74) is 0. The first-order chi connectivity index (χ1) is 7.08. The van der Waals surface area contributed by atoms with E-state index in [0.29, 0.717) is 10.9 Å². The van der Waals surface area contributed by atoms with Gasteiger partial charge in [-0.15, -0.1) is 11.3 Å². The lowest BCUT2D eigenvalue weighted by molar-refractivity contribution is 0.562. The lowest BCUT2D eigenvalue weighted by Crippen LogP contribution is -2.35. The molecule has 84 valence electrons. The Morgan fingerprint density at radius 1 is 1.53 bits per heavy atom. The maximum Gasteiger partial charge on any atom is 0.250 e. The second-order valence-electron chi connectivity index (χ2n) is 3.37. The molecule has 2 rings (SSSR count). The SMILES string of the molecule is O=S(=O)(N[C@H]1CCNC1)c1ccc(Cl)s1. The van der Waals surface area contributed by atoms with Crippen LogP contribution in [0.25, 0.3) is 0 Å². The average Bonchev–Trinajstić information content (AvgIpc) is 2.75. The standard InChI is InChI=1S/C8H11ClN2O2S2/c9-7-1-2-8(14-7)15(12,13)11-6-3-4-10-5-6/h1-2,6,10-11H,3-5H2/t6-/m0/s1. The van der Waals surface area contributed by atoms with Crippen LogP contribution in [0, 0.1) is 0 Å². The summed E-state index contributed by atoms with van der Waals surface area (Å²) in [7, 11) is -3.38. The summed E-state index contributed by atoms with van der Waals surface area (Å²) in [5.74, 6) is 0. The van der Waals surface area contributed by atoms with Gasteiger partial charge in [-0.05, 0) is 25.1 Å². The van der Waals surface area contributed by atoms with Gasteiger partial charge in [0.15, 0.2) is 0 Å². The van der Waals surface area contributed by atoms with Gasteiger partial charge in [0.1, 0.15) is 4.21 Å². The van der Waals surface area contributed by atoms with E-state index >= 15 is 0 Å². The summed E-state index contributed by atoms with van der Waals surface area (Å²) >= 11 is 6.77. The van der Waals surface area contributed by atoms with Gasteiger partial charge in [0, 0.05) is 12.6 Å². The van der Waals surface area contributed by atoms with Crippen molar-refractivity contribution in [3.05, 3.63) is 16.5 Å². The Kier molecular flexibility index (Phi) is 3.32. The van der Waals surface area contributed by atoms with Crippen molar-refractivity contribution in [3.63, 3.8) is 0 Å². The van der Waals surface area contributed by atoms with Crippen molar-refractivity contribution in [1.82, 2.24) is 10.0 Å². The number of hydrogen-bond donors (Lipinski definition) is 2. The monoisotopic (exact) mass is 266 g/mol. The minimum atomic E-state index is -3.38. The van der Waals surface area contributed by atoms with E-state index in [1.165, 1.54) is 6.07 Å². The fourth-order valence-corrected chi connectivity index (χ4v) is 4.24. The molecule has 2 N–H and O–H groups in total. The molecule has 0 aliphatic carbocycles. The van der Waals surface area contributed by atoms with Crippen LogP contribution in [0.15, 0.2) is 16.3 Å². The van der Waals surface area contributed by atoms with Crippen molar-refractivity contribution in [2.45, 2.75) is 16.7 Å². The highest BCUT2D eigenvalue weighted by atomic mass is 35.5. The van der Waals surface area contributed by atoms with Crippen molar-refractivity contribution in [2.75, 3.05) is 13.1 Å². The van der Waals surface area contributed by atoms with Gasteiger partial charge in [-0.1, -0.05) is 11.6 Å². The number of sulfonamides is 1. The van der Waals surface area contributed by atoms with Crippen molar-refractivity contribution >= 4 is 33.0 Å². The molecular formula is C8H11ClN2O2S2. The van der Waals surface area contributed by atoms with E-state index in [9.17, 15) is 8.42 Å². The Morgan fingerprint density at radius 2 is 2.33 bits per heavy atom. The van der Waals surface area contributed by atoms with Crippen LogP contribution >= 0.6 is 22.9 Å². The molecule has 4 nitrogen and oxygen atoms in total. The van der Waals surface area contributed by atoms with E-state index < -0.39 is 10.0 Å². The van der Waals surface area contributed by atoms with Gasteiger partial charge in [0.05, 0.1) is 4.34 Å². The van der Waals surface area contributed by atoms with E-state index in [0.717, 1.165) is 24.3 Å². The quantitative estimate of drug-likeness (QED) is 0.860. The molecule has 0 unspecified atom stereocenters. The molecule has 15 heavy (non-hydrogen) atoms. The van der Waals surface area contributed by atoms with Crippen LogP contribution in [0.5, 0.6) is 0 Å². The third-order valence-corrected chi connectivity index (χ3v) is 5.44. The Labute approximate surface area is 97.7 Å². The maximum atomic E-state index is 11.8. The third-order valence-electron chi connectivity index (χ3n) is 2.20. The average molecular weight is 267 g/mol. The van der Waals surface area contributed by atoms with Crippen molar-refractivity contribution in [2.24, 2.45) is 0 Å². The number of nitrogens with one attached hydrogen (secondary N) is 2. The zero-order valence-electron chi connectivity index (χ0n) is 7.86. The normalized spacial score (nSPS) is 22.1. The highest BCUT2D eigenvalue weighted by Crippen LogP contribution is 2.25. The number of halogens is 1. The van der Waals surface area contributed by atoms with Gasteiger partial charge in [0.2, 0.25) is 10.0 Å². The Balaban J connectivity index is 2.12. The van der Waals surface area contributed by atoms with Crippen LogP contribution in [0.3, 0.4) is 0 Å². The van der Waals surface area contributed by atoms with E-state index in [1.54, 1.807) is 6.07 Å². The minimum Gasteiger partial charge on any atom is -0.315 e. The summed E-state index contributed by atoms with van der Waals surface area (Å²) in [6.45, 7) is 1.55. The molecule has 0 spiro atoms. The van der Waals surface area contributed by atoms with E-state index in [2.05, 4.69) is 10.0 Å². The largest absolute Gasteiger partial charge is 0.315 e. The maximum absolute atomic E-state index is 11.8. The molecule has 1 atom stereocenters. The van der Waals surface area contributed by atoms with Crippen molar-refractivity contribution in [3.8, 4) is 0 Å². The first-order valence-electron chi connectivity index (χ1n) is 4.56. The molecule has 1 aliphatic heterocycles. The molecule has 0 amide bonds. The van der Waals surface area contributed by atoms with Gasteiger partial charge in [-0.2, -0.15) is 0 Å². The highest BCUT2D eigenvalue weighted by molar-refractivity contribution is 7.91. The highest BCUT2D eigenvalue weighted by Gasteiger charge is 2.23. The zero-order chi connectivity index (χ0) is 10.9. The molecule has 0 saturated carbocycles. The molecule has 1 fully saturated rings. The molecule has 1 saturated heterocycles. The van der Waals surface area contributed by atoms with Gasteiger partial charge in [0.25, 0.3) is 0 Å². The van der Waals surface area contributed by atoms with Crippen LogP contribution in [0.1, 0.15) is 6.42 Å². The summed E-state index contributed by atoms with van der Waals surface area (Å²) in [4.78, 5) is 0. The number of thiophene rings is 1. The van der Waals surface area contributed by atoms with Gasteiger partial charge in [-0.3, -0.25) is 0 Å². The topological polar surface area (TPSA) is 58.2 Å². The first-order valence-corrected chi connectivity index (χ1v) is 7.24. The Morgan fingerprint density at radius 3 is 2.87 bits per heavy atom. The summed E-state index contributed by atoms with van der Waals surface area (Å²) < 4.78 is 27.0. The fraction of sp³-hybridized carbons (Fsp3) is 0.500. The second-order valence-corrected chi connectivity index (χ2v) is 7.03. The molecule has 7 heteroatoms. The van der Waals surface area contributed by atoms with Crippen LogP contribution < -0.4 is 10.0 Å². The van der Waals surface area contributed by atoms with Crippen molar-refractivity contribution in [1.29, 1.82) is 0 Å². The minimum absolute atomic E-state index is 0.00382. The lowest BCUT2D eigenvalue weighted by Gasteiger charge is -2.09. The summed E-state index contributed by atoms with van der Waals surface area (Å²) in [6.07, 6.45) is 0.832. The smallest absolute Gasteiger partial charge is 0.250 e. The van der Waals surface area contributed by atoms with Crippen molar-refractivity contribution < 1.29 is 8.42 Å². The second kappa shape index (κ2) is 4.39. The molecule has 0 bridgehead atoms. The van der Waals surface area contributed by atoms with Crippen LogP contribution in [-0.4, -0.2) is 27.5 Å². The summed E-state index contributed by atoms with van der Waals surface area (Å²) in [6, 6.07) is 3.11. The number of rotatable bonds is 3. The molecule has 1 aromatic rings. The van der Waals surface area contributed by atoms with E-state index in [1.807, 2.05) is 0 Å². The molecule has 0 radical (unpaired) electrons. The van der Waals surface area contributed by atoms with Gasteiger partial charge >= 0.3 is 0 Å². The number of hydrogen-bond acceptors (Lipinski definition) is 4. The molecule has 1 aliphatic rings. The van der Waals surface area contributed by atoms with E-state index in [4.69, 9.17) is 11.6 Å². The summed E-state index contributed by atoms with van der Waals surface area (Å²) in [5, 5.41) is 3.10. The predicted molar refractivity (Wildman–Crippen MR) is 60.9 cm³/mol. The first kappa shape index (κ1) is 11.3. The molecule has 1 aromatic heterocycles. The molecule has 0 aromatic carbocycles. The fourth-order valence-electron chi connectivity index (χ4n) is 1.47. The zero-order valence-corrected chi connectivity index (χ0v) is 10.3. The molecular weight excluding hydrogens is 256 g/mol. The van der Waals surface area contributed by atoms with Crippen LogP contribution in [0.4, 0.5) is 0 Å². The third kappa shape index (κ3) is 2.70. The Hall–Kier alpha value is -0.140. The molecule has 2 heterocycles. The van der Waals surface area contributed by atoms with Gasteiger partial charge in [-0.25, -0.2) is 13.1 Å². The Bertz CT molecular complexity index is 437. The van der Waals surface area contributed by atoms with Crippen LogP contribution in [-0.2, 0) is 10.0 Å². The van der Waals surface area contributed by atoms with Crippen LogP contribution in [0.2, 0.25) is 4.34 Å². The van der Waals surface area contributed by atoms with E-state index in [-0.39, 0.29) is 10.3 Å². The lowest BCUT2D eigenvalue weighted by atomic mass is 10.3. The predicted octanol–water partition coefficient (Wildman–Crippen LogP) is 1.04.